The maximum atomic E-state index is 14.3. The predicted octanol–water partition coefficient (Wildman–Crippen LogP) is 3.81. The molecule has 0 bridgehead atoms. The zero-order valence-corrected chi connectivity index (χ0v) is 15.0. The Bertz CT molecular complexity index is 830. The number of hydrogen-bond acceptors (Lipinski definition) is 5. The van der Waals surface area contributed by atoms with E-state index in [1.54, 1.807) is 6.92 Å². The van der Waals surface area contributed by atoms with E-state index in [0.717, 1.165) is 16.8 Å². The Morgan fingerprint density at radius 1 is 1.38 bits per heavy atom. The molecule has 1 N–H and O–H groups in total. The van der Waals surface area contributed by atoms with Crippen LogP contribution in [0.3, 0.4) is 0 Å². The highest BCUT2D eigenvalue weighted by Gasteiger charge is 2.25. The van der Waals surface area contributed by atoms with Gasteiger partial charge in [0.1, 0.15) is 22.3 Å². The van der Waals surface area contributed by atoms with Crippen LogP contribution in [0.2, 0.25) is 10.0 Å². The van der Waals surface area contributed by atoms with Crippen LogP contribution in [-0.2, 0) is 11.8 Å². The number of carbonyl (C=O) groups is 1. The van der Waals surface area contributed by atoms with Gasteiger partial charge in [-0.15, -0.1) is 0 Å². The summed E-state index contributed by atoms with van der Waals surface area (Å²) in [6, 6.07) is 1.87. The Labute approximate surface area is 156 Å². The van der Waals surface area contributed by atoms with Gasteiger partial charge in [-0.2, -0.15) is 13.9 Å². The van der Waals surface area contributed by atoms with Crippen molar-refractivity contribution in [2.75, 3.05) is 0 Å². The fourth-order valence-corrected chi connectivity index (χ4v) is 2.49. The number of rotatable bonds is 6. The number of ether oxygens (including phenoxy) is 2. The SMILES string of the molecule is CCC(O)C(=O)Oc1cc(-c2nn(C)c(OC(F)F)c2Cl)c(F)cc1Cl. The number of aliphatic hydroxyl groups is 1. The first-order valence-corrected chi connectivity index (χ1v) is 7.97. The van der Waals surface area contributed by atoms with E-state index in [0.29, 0.717) is 0 Å². The number of esters is 1. The highest BCUT2D eigenvalue weighted by Crippen LogP contribution is 2.39. The lowest BCUT2D eigenvalue weighted by Gasteiger charge is -2.11. The second-order valence-electron chi connectivity index (χ2n) is 5.08. The van der Waals surface area contributed by atoms with Gasteiger partial charge < -0.3 is 14.6 Å². The van der Waals surface area contributed by atoms with Crippen molar-refractivity contribution in [1.29, 1.82) is 0 Å². The van der Waals surface area contributed by atoms with Crippen molar-refractivity contribution in [3.8, 4) is 22.9 Å². The van der Waals surface area contributed by atoms with Crippen LogP contribution in [0.4, 0.5) is 13.2 Å². The summed E-state index contributed by atoms with van der Waals surface area (Å²) in [6.07, 6.45) is -1.28. The van der Waals surface area contributed by atoms with E-state index < -0.39 is 30.4 Å². The van der Waals surface area contributed by atoms with E-state index in [9.17, 15) is 23.1 Å². The van der Waals surface area contributed by atoms with Crippen LogP contribution in [0.25, 0.3) is 11.3 Å². The molecule has 2 rings (SSSR count). The summed E-state index contributed by atoms with van der Waals surface area (Å²) < 4.78 is 49.3. The van der Waals surface area contributed by atoms with Gasteiger partial charge in [-0.1, -0.05) is 30.1 Å². The molecule has 0 saturated heterocycles. The fraction of sp³-hybridized carbons (Fsp3) is 0.333. The Balaban J connectivity index is 2.48. The van der Waals surface area contributed by atoms with E-state index in [1.807, 2.05) is 0 Å². The molecular weight excluding hydrogens is 400 g/mol. The predicted molar refractivity (Wildman–Crippen MR) is 87.2 cm³/mol. The number of carbonyl (C=O) groups excluding carboxylic acids is 1. The van der Waals surface area contributed by atoms with Gasteiger partial charge in [-0.25, -0.2) is 13.9 Å². The van der Waals surface area contributed by atoms with Gasteiger partial charge >= 0.3 is 12.6 Å². The quantitative estimate of drug-likeness (QED) is 0.576. The largest absolute Gasteiger partial charge is 0.423 e. The molecule has 0 amide bonds. The Hall–Kier alpha value is -1.97. The number of hydrogen-bond donors (Lipinski definition) is 1. The third kappa shape index (κ3) is 4.22. The monoisotopic (exact) mass is 412 g/mol. The molecule has 6 nitrogen and oxygen atoms in total. The third-order valence-electron chi connectivity index (χ3n) is 3.29. The van der Waals surface area contributed by atoms with Crippen LogP contribution in [0, 0.1) is 5.82 Å². The van der Waals surface area contributed by atoms with Crippen molar-refractivity contribution in [3.05, 3.63) is 28.0 Å². The third-order valence-corrected chi connectivity index (χ3v) is 3.92. The lowest BCUT2D eigenvalue weighted by atomic mass is 10.1. The molecule has 2 aromatic rings. The standard InChI is InChI=1S/C15H13Cl2F3N2O4/c1-3-9(23)14(24)25-10-4-6(8(18)5-7(10)16)12-11(17)13(22(2)21-12)26-15(19)20/h4-5,9,15,23H,3H2,1-2H3. The van der Waals surface area contributed by atoms with E-state index in [1.165, 1.54) is 7.05 Å². The van der Waals surface area contributed by atoms with Gasteiger partial charge in [0.2, 0.25) is 5.88 Å². The highest BCUT2D eigenvalue weighted by atomic mass is 35.5. The molecule has 142 valence electrons. The number of benzene rings is 1. The molecule has 0 aliphatic rings. The zero-order valence-electron chi connectivity index (χ0n) is 13.5. The number of halogens is 5. The highest BCUT2D eigenvalue weighted by molar-refractivity contribution is 6.34. The average molecular weight is 413 g/mol. The first-order chi connectivity index (χ1) is 12.1. The molecule has 0 aliphatic heterocycles. The molecule has 1 atom stereocenters. The number of aryl methyl sites for hydroxylation is 1. The molecule has 0 spiro atoms. The van der Waals surface area contributed by atoms with Crippen molar-refractivity contribution in [3.63, 3.8) is 0 Å². The molecule has 1 unspecified atom stereocenters. The van der Waals surface area contributed by atoms with Gasteiger partial charge in [0.25, 0.3) is 0 Å². The zero-order chi connectivity index (χ0) is 19.6. The van der Waals surface area contributed by atoms with E-state index in [-0.39, 0.29) is 33.5 Å². The molecule has 1 aromatic carbocycles. The maximum absolute atomic E-state index is 14.3. The van der Waals surface area contributed by atoms with Crippen molar-refractivity contribution in [2.24, 2.45) is 7.05 Å². The van der Waals surface area contributed by atoms with E-state index >= 15 is 0 Å². The van der Waals surface area contributed by atoms with E-state index in [2.05, 4.69) is 9.84 Å². The van der Waals surface area contributed by atoms with Crippen molar-refractivity contribution in [2.45, 2.75) is 26.1 Å². The Morgan fingerprint density at radius 3 is 2.62 bits per heavy atom. The second-order valence-corrected chi connectivity index (χ2v) is 5.86. The van der Waals surface area contributed by atoms with Crippen LogP contribution in [0.5, 0.6) is 11.6 Å². The summed E-state index contributed by atoms with van der Waals surface area (Å²) in [4.78, 5) is 11.7. The van der Waals surface area contributed by atoms with Crippen molar-refractivity contribution >= 4 is 29.2 Å². The number of aromatic nitrogens is 2. The summed E-state index contributed by atoms with van der Waals surface area (Å²) in [5.74, 6) is -2.58. The summed E-state index contributed by atoms with van der Waals surface area (Å²) >= 11 is 11.8. The summed E-state index contributed by atoms with van der Waals surface area (Å²) in [5.41, 5.74) is -0.472. The average Bonchev–Trinajstić information content (AvgIpc) is 2.84. The van der Waals surface area contributed by atoms with Gasteiger partial charge in [0.05, 0.1) is 5.02 Å². The molecule has 0 radical (unpaired) electrons. The topological polar surface area (TPSA) is 73.6 Å². The molecule has 0 saturated carbocycles. The maximum Gasteiger partial charge on any atom is 0.388 e. The van der Waals surface area contributed by atoms with Gasteiger partial charge in [-0.3, -0.25) is 0 Å². The summed E-state index contributed by atoms with van der Waals surface area (Å²) in [7, 11) is 1.28. The summed E-state index contributed by atoms with van der Waals surface area (Å²) in [6.45, 7) is -1.60. The minimum absolute atomic E-state index is 0.102. The van der Waals surface area contributed by atoms with Gasteiger partial charge in [-0.05, 0) is 18.6 Å². The van der Waals surface area contributed by atoms with Gasteiger partial charge in [0.15, 0.2) is 6.10 Å². The Morgan fingerprint density at radius 2 is 2.04 bits per heavy atom. The van der Waals surface area contributed by atoms with Crippen LogP contribution < -0.4 is 9.47 Å². The van der Waals surface area contributed by atoms with Crippen LogP contribution in [0.1, 0.15) is 13.3 Å². The second kappa shape index (κ2) is 8.15. The van der Waals surface area contributed by atoms with Crippen LogP contribution in [-0.4, -0.2) is 33.6 Å². The fourth-order valence-electron chi connectivity index (χ4n) is 2.00. The lowest BCUT2D eigenvalue weighted by molar-refractivity contribution is -0.143. The molecular formula is C15H13Cl2F3N2O4. The van der Waals surface area contributed by atoms with E-state index in [4.69, 9.17) is 27.9 Å². The first-order valence-electron chi connectivity index (χ1n) is 7.22. The number of aliphatic hydroxyl groups excluding tert-OH is 1. The molecule has 11 heteroatoms. The molecule has 0 fully saturated rings. The minimum Gasteiger partial charge on any atom is -0.423 e. The van der Waals surface area contributed by atoms with Crippen molar-refractivity contribution < 1.29 is 32.5 Å². The smallest absolute Gasteiger partial charge is 0.388 e. The molecule has 1 aromatic heterocycles. The summed E-state index contributed by atoms with van der Waals surface area (Å²) in [5, 5.41) is 12.7. The minimum atomic E-state index is -3.15. The normalized spacial score (nSPS) is 12.3. The van der Waals surface area contributed by atoms with Crippen LogP contribution >= 0.6 is 23.2 Å². The lowest BCUT2D eigenvalue weighted by Crippen LogP contribution is -2.24. The molecule has 26 heavy (non-hydrogen) atoms. The van der Waals surface area contributed by atoms with Crippen molar-refractivity contribution in [1.82, 2.24) is 9.78 Å². The number of nitrogens with zero attached hydrogens (tertiary/aromatic N) is 2. The number of alkyl halides is 2. The first kappa shape index (κ1) is 20.3. The van der Waals surface area contributed by atoms with Crippen LogP contribution in [0.15, 0.2) is 12.1 Å². The van der Waals surface area contributed by atoms with Gasteiger partial charge in [0, 0.05) is 12.6 Å². The molecule has 1 heterocycles. The Kier molecular flexibility index (Phi) is 6.38. The molecule has 0 aliphatic carbocycles.